The van der Waals surface area contributed by atoms with Gasteiger partial charge in [0.15, 0.2) is 0 Å². The Morgan fingerprint density at radius 3 is 2.82 bits per heavy atom. The Morgan fingerprint density at radius 2 is 2.29 bits per heavy atom. The van der Waals surface area contributed by atoms with Crippen LogP contribution in [0.3, 0.4) is 0 Å². The van der Waals surface area contributed by atoms with E-state index in [1.54, 1.807) is 18.3 Å². The molecule has 0 saturated carbocycles. The molecule has 94 valence electrons. The average molecular weight is 237 g/mol. The zero-order valence-corrected chi connectivity index (χ0v) is 10.5. The van der Waals surface area contributed by atoms with Crippen LogP contribution in [-0.2, 0) is 0 Å². The molecule has 5 nitrogen and oxygen atoms in total. The lowest BCUT2D eigenvalue weighted by Gasteiger charge is -2.15. The van der Waals surface area contributed by atoms with Crippen LogP contribution in [0.5, 0.6) is 0 Å². The van der Waals surface area contributed by atoms with Crippen LogP contribution in [0.25, 0.3) is 0 Å². The summed E-state index contributed by atoms with van der Waals surface area (Å²) in [4.78, 5) is 17.8. The maximum Gasteiger partial charge on any atom is 0.251 e. The summed E-state index contributed by atoms with van der Waals surface area (Å²) < 4.78 is 0. The van der Waals surface area contributed by atoms with Gasteiger partial charge in [0.2, 0.25) is 0 Å². The van der Waals surface area contributed by atoms with Gasteiger partial charge >= 0.3 is 0 Å². The second-order valence-corrected chi connectivity index (χ2v) is 4.06. The van der Waals surface area contributed by atoms with Gasteiger partial charge in [-0.25, -0.2) is 4.98 Å². The molecule has 1 rings (SSSR count). The van der Waals surface area contributed by atoms with Crippen molar-refractivity contribution in [2.75, 3.05) is 25.6 Å². The highest BCUT2D eigenvalue weighted by Gasteiger charge is 2.12. The lowest BCUT2D eigenvalue weighted by Crippen LogP contribution is -2.37. The molecule has 0 aliphatic heterocycles. The van der Waals surface area contributed by atoms with Crippen molar-refractivity contribution in [1.82, 2.24) is 10.3 Å². The minimum atomic E-state index is -0.196. The van der Waals surface area contributed by atoms with Crippen molar-refractivity contribution in [2.45, 2.75) is 19.4 Å². The fraction of sp³-hybridized carbons (Fsp3) is 0.500. The van der Waals surface area contributed by atoms with Crippen molar-refractivity contribution in [3.63, 3.8) is 0 Å². The number of pyridine rings is 1. The molecule has 0 fully saturated rings. The predicted molar refractivity (Wildman–Crippen MR) is 67.2 cm³/mol. The summed E-state index contributed by atoms with van der Waals surface area (Å²) in [5, 5.41) is 11.8. The van der Waals surface area contributed by atoms with Gasteiger partial charge in [-0.3, -0.25) is 4.79 Å². The third-order valence-corrected chi connectivity index (χ3v) is 2.51. The highest BCUT2D eigenvalue weighted by atomic mass is 16.3. The van der Waals surface area contributed by atoms with Gasteiger partial charge in [-0.15, -0.1) is 0 Å². The smallest absolute Gasteiger partial charge is 0.251 e. The van der Waals surface area contributed by atoms with Crippen molar-refractivity contribution in [2.24, 2.45) is 0 Å². The number of amides is 1. The number of carbonyl (C=O) groups excluding carboxylic acids is 1. The summed E-state index contributed by atoms with van der Waals surface area (Å²) in [6.45, 7) is 1.87. The second-order valence-electron chi connectivity index (χ2n) is 4.06. The van der Waals surface area contributed by atoms with E-state index < -0.39 is 0 Å². The molecule has 0 spiro atoms. The zero-order chi connectivity index (χ0) is 12.8. The molecule has 1 atom stereocenters. The monoisotopic (exact) mass is 237 g/mol. The fourth-order valence-electron chi connectivity index (χ4n) is 1.35. The Hall–Kier alpha value is -1.62. The largest absolute Gasteiger partial charge is 0.394 e. The number of nitrogens with zero attached hydrogens (tertiary/aromatic N) is 2. The number of rotatable bonds is 5. The van der Waals surface area contributed by atoms with Crippen molar-refractivity contribution < 1.29 is 9.90 Å². The molecule has 5 heteroatoms. The number of hydrogen-bond donors (Lipinski definition) is 2. The van der Waals surface area contributed by atoms with Crippen LogP contribution in [0.15, 0.2) is 18.3 Å². The van der Waals surface area contributed by atoms with E-state index in [-0.39, 0.29) is 18.6 Å². The van der Waals surface area contributed by atoms with E-state index in [2.05, 4.69) is 10.3 Å². The van der Waals surface area contributed by atoms with Gasteiger partial charge in [0, 0.05) is 25.9 Å². The minimum Gasteiger partial charge on any atom is -0.394 e. The molecule has 1 amide bonds. The lowest BCUT2D eigenvalue weighted by molar-refractivity contribution is 0.0915. The summed E-state index contributed by atoms with van der Waals surface area (Å²) in [5.74, 6) is 0.547. The predicted octanol–water partition coefficient (Wildman–Crippen LogP) is 0.648. The topological polar surface area (TPSA) is 65.5 Å². The van der Waals surface area contributed by atoms with E-state index in [9.17, 15) is 4.79 Å². The molecule has 17 heavy (non-hydrogen) atoms. The van der Waals surface area contributed by atoms with Crippen LogP contribution in [0, 0.1) is 0 Å². The number of anilines is 1. The van der Waals surface area contributed by atoms with E-state index in [0.717, 1.165) is 5.82 Å². The second kappa shape index (κ2) is 6.20. The molecule has 1 heterocycles. The van der Waals surface area contributed by atoms with Gasteiger partial charge in [-0.2, -0.15) is 0 Å². The molecule has 0 saturated heterocycles. The van der Waals surface area contributed by atoms with Crippen molar-refractivity contribution in [1.29, 1.82) is 0 Å². The number of carbonyl (C=O) groups is 1. The maximum absolute atomic E-state index is 11.9. The highest BCUT2D eigenvalue weighted by molar-refractivity contribution is 5.95. The molecule has 0 radical (unpaired) electrons. The van der Waals surface area contributed by atoms with Gasteiger partial charge in [0.1, 0.15) is 5.82 Å². The summed E-state index contributed by atoms with van der Waals surface area (Å²) >= 11 is 0. The molecule has 2 N–H and O–H groups in total. The van der Waals surface area contributed by atoms with Gasteiger partial charge in [0.25, 0.3) is 5.91 Å². The molecular weight excluding hydrogens is 218 g/mol. The lowest BCUT2D eigenvalue weighted by atomic mass is 10.2. The van der Waals surface area contributed by atoms with E-state index in [4.69, 9.17) is 5.11 Å². The molecule has 0 aliphatic carbocycles. The Balaban J connectivity index is 2.78. The summed E-state index contributed by atoms with van der Waals surface area (Å²) in [6.07, 6.45) is 2.30. The third-order valence-electron chi connectivity index (χ3n) is 2.51. The molecule has 0 aromatic carbocycles. The highest BCUT2D eigenvalue weighted by Crippen LogP contribution is 2.09. The van der Waals surface area contributed by atoms with Crippen molar-refractivity contribution in [3.05, 3.63) is 23.9 Å². The Labute approximate surface area is 101 Å². The number of aliphatic hydroxyl groups excluding tert-OH is 1. The first-order chi connectivity index (χ1) is 8.08. The summed E-state index contributed by atoms with van der Waals surface area (Å²) in [6, 6.07) is 3.18. The third kappa shape index (κ3) is 3.71. The quantitative estimate of drug-likeness (QED) is 0.789. The van der Waals surface area contributed by atoms with Crippen LogP contribution in [-0.4, -0.2) is 42.7 Å². The SMILES string of the molecule is CCC(CO)NC(=O)c1ccnc(N(C)C)c1. The normalized spacial score (nSPS) is 12.0. The van der Waals surface area contributed by atoms with Gasteiger partial charge in [0.05, 0.1) is 12.6 Å². The van der Waals surface area contributed by atoms with E-state index in [1.165, 1.54) is 0 Å². The van der Waals surface area contributed by atoms with Crippen LogP contribution in [0.4, 0.5) is 5.82 Å². The maximum atomic E-state index is 11.9. The molecule has 0 aliphatic rings. The van der Waals surface area contributed by atoms with E-state index in [0.29, 0.717) is 12.0 Å². The zero-order valence-electron chi connectivity index (χ0n) is 10.5. The van der Waals surface area contributed by atoms with E-state index >= 15 is 0 Å². The average Bonchev–Trinajstić information content (AvgIpc) is 2.35. The van der Waals surface area contributed by atoms with Crippen LogP contribution >= 0.6 is 0 Å². The van der Waals surface area contributed by atoms with Gasteiger partial charge < -0.3 is 15.3 Å². The van der Waals surface area contributed by atoms with Gasteiger partial charge in [-0.05, 0) is 18.6 Å². The molecule has 0 bridgehead atoms. The first-order valence-corrected chi connectivity index (χ1v) is 5.63. The van der Waals surface area contributed by atoms with Crippen LogP contribution in [0.1, 0.15) is 23.7 Å². The van der Waals surface area contributed by atoms with Crippen LogP contribution < -0.4 is 10.2 Å². The summed E-state index contributed by atoms with van der Waals surface area (Å²) in [5.41, 5.74) is 0.551. The number of hydrogen-bond acceptors (Lipinski definition) is 4. The Morgan fingerprint density at radius 1 is 1.59 bits per heavy atom. The first kappa shape index (κ1) is 13.4. The fourth-order valence-corrected chi connectivity index (χ4v) is 1.35. The van der Waals surface area contributed by atoms with Crippen molar-refractivity contribution in [3.8, 4) is 0 Å². The number of aromatic nitrogens is 1. The molecule has 1 aromatic heterocycles. The minimum absolute atomic E-state index is 0.0478. The number of aliphatic hydroxyl groups is 1. The standard InChI is InChI=1S/C12H19N3O2/c1-4-10(8-16)14-12(17)9-5-6-13-11(7-9)15(2)3/h5-7,10,16H,4,8H2,1-3H3,(H,14,17). The summed E-state index contributed by atoms with van der Waals surface area (Å²) in [7, 11) is 3.74. The Bertz CT molecular complexity index is 376. The molecular formula is C12H19N3O2. The van der Waals surface area contributed by atoms with E-state index in [1.807, 2.05) is 25.9 Å². The van der Waals surface area contributed by atoms with Gasteiger partial charge in [-0.1, -0.05) is 6.92 Å². The first-order valence-electron chi connectivity index (χ1n) is 5.63. The Kier molecular flexibility index (Phi) is 4.90. The molecule has 1 unspecified atom stereocenters. The van der Waals surface area contributed by atoms with Crippen molar-refractivity contribution >= 4 is 11.7 Å². The van der Waals surface area contributed by atoms with Crippen LogP contribution in [0.2, 0.25) is 0 Å². The molecule has 1 aromatic rings. The number of nitrogens with one attached hydrogen (secondary N) is 1.